The summed E-state index contributed by atoms with van der Waals surface area (Å²) < 4.78 is 39.0. The fourth-order valence-electron chi connectivity index (χ4n) is 1.16. The lowest BCUT2D eigenvalue weighted by Crippen LogP contribution is -2.02. The van der Waals surface area contributed by atoms with Gasteiger partial charge in [0.05, 0.1) is 29.7 Å². The number of hydrogen-bond acceptors (Lipinski definition) is 0. The first-order valence-corrected chi connectivity index (χ1v) is 4.92. The highest BCUT2D eigenvalue weighted by atomic mass is 19.5. The third-order valence-electron chi connectivity index (χ3n) is 1.79. The Morgan fingerprint density at radius 3 is 2.13 bits per heavy atom. The van der Waals surface area contributed by atoms with Crippen LogP contribution >= 0.6 is 0 Å². The average molecular weight is 222 g/mol. The molecule has 86 valence electrons. The third kappa shape index (κ3) is 11.1. The SMILES string of the molecule is CCCCC1=C[C+](C)C=C1.F[B-](F)(F)F. The minimum absolute atomic E-state index is 1.25. The Kier molecular flexibility index (Phi) is 6.21. The Bertz CT molecular complexity index is 224. The lowest BCUT2D eigenvalue weighted by Gasteiger charge is -1.94. The Hall–Kier alpha value is -0.865. The zero-order chi connectivity index (χ0) is 11.9. The van der Waals surface area contributed by atoms with Crippen LogP contribution in [0.4, 0.5) is 17.3 Å². The molecule has 0 aromatic carbocycles. The summed E-state index contributed by atoms with van der Waals surface area (Å²) in [6, 6.07) is 0. The number of halogens is 4. The van der Waals surface area contributed by atoms with Gasteiger partial charge in [0, 0.05) is 13.3 Å². The second-order valence-electron chi connectivity index (χ2n) is 3.40. The molecule has 0 aromatic heterocycles. The van der Waals surface area contributed by atoms with Gasteiger partial charge in [-0.05, 0) is 6.42 Å². The van der Waals surface area contributed by atoms with E-state index in [1.165, 1.54) is 30.8 Å². The highest BCUT2D eigenvalue weighted by Crippen LogP contribution is 2.20. The van der Waals surface area contributed by atoms with Crippen LogP contribution < -0.4 is 0 Å². The number of allylic oxidation sites excluding steroid dienone is 4. The van der Waals surface area contributed by atoms with E-state index in [9.17, 15) is 17.3 Å². The molecule has 0 unspecified atom stereocenters. The van der Waals surface area contributed by atoms with Crippen LogP contribution in [0.5, 0.6) is 0 Å². The summed E-state index contributed by atoms with van der Waals surface area (Å²) >= 11 is 0. The van der Waals surface area contributed by atoms with Gasteiger partial charge in [0.25, 0.3) is 0 Å². The predicted octanol–water partition coefficient (Wildman–Crippen LogP) is 4.57. The lowest BCUT2D eigenvalue weighted by molar-refractivity contribution is 0.368. The van der Waals surface area contributed by atoms with Crippen LogP contribution in [0.25, 0.3) is 0 Å². The van der Waals surface area contributed by atoms with Gasteiger partial charge in [0.2, 0.25) is 0 Å². The van der Waals surface area contributed by atoms with E-state index >= 15 is 0 Å². The first-order chi connectivity index (χ1) is 6.83. The fraction of sp³-hybridized carbons (Fsp3) is 0.500. The second-order valence-corrected chi connectivity index (χ2v) is 3.40. The van der Waals surface area contributed by atoms with E-state index in [-0.39, 0.29) is 0 Å². The number of hydrogen-bond donors (Lipinski definition) is 0. The molecule has 0 heterocycles. The van der Waals surface area contributed by atoms with Gasteiger partial charge in [0.15, 0.2) is 0 Å². The second kappa shape index (κ2) is 6.59. The maximum Gasteiger partial charge on any atom is 0.673 e. The summed E-state index contributed by atoms with van der Waals surface area (Å²) in [5.74, 6) is 1.39. The van der Waals surface area contributed by atoms with E-state index in [1.807, 2.05) is 0 Å². The van der Waals surface area contributed by atoms with Crippen molar-refractivity contribution in [3.05, 3.63) is 29.7 Å². The van der Waals surface area contributed by atoms with Crippen molar-refractivity contribution in [1.29, 1.82) is 0 Å². The van der Waals surface area contributed by atoms with Crippen LogP contribution in [0.1, 0.15) is 33.1 Å². The molecular formula is C10H15BF4. The van der Waals surface area contributed by atoms with Crippen LogP contribution in [-0.2, 0) is 0 Å². The van der Waals surface area contributed by atoms with E-state index in [2.05, 4.69) is 32.1 Å². The fourth-order valence-corrected chi connectivity index (χ4v) is 1.16. The summed E-state index contributed by atoms with van der Waals surface area (Å²) in [5, 5.41) is 0. The maximum atomic E-state index is 9.75. The molecule has 0 saturated carbocycles. The zero-order valence-electron chi connectivity index (χ0n) is 8.94. The third-order valence-corrected chi connectivity index (χ3v) is 1.79. The van der Waals surface area contributed by atoms with Crippen LogP contribution in [0.15, 0.2) is 23.8 Å². The van der Waals surface area contributed by atoms with E-state index in [0.717, 1.165) is 0 Å². The molecule has 15 heavy (non-hydrogen) atoms. The molecule has 0 fully saturated rings. The number of rotatable bonds is 3. The van der Waals surface area contributed by atoms with Gasteiger partial charge < -0.3 is 17.3 Å². The van der Waals surface area contributed by atoms with Crippen molar-refractivity contribution in [1.82, 2.24) is 0 Å². The highest BCUT2D eigenvalue weighted by molar-refractivity contribution is 6.50. The van der Waals surface area contributed by atoms with Crippen LogP contribution in [0, 0.1) is 5.92 Å². The minimum atomic E-state index is -6.00. The first kappa shape index (κ1) is 14.1. The molecule has 0 saturated heterocycles. The normalized spacial score (nSPS) is 14.8. The van der Waals surface area contributed by atoms with Gasteiger partial charge >= 0.3 is 7.25 Å². The summed E-state index contributed by atoms with van der Waals surface area (Å²) in [4.78, 5) is 0. The van der Waals surface area contributed by atoms with Crippen LogP contribution in [0.2, 0.25) is 0 Å². The lowest BCUT2D eigenvalue weighted by atomic mass is 10.1. The molecule has 0 bridgehead atoms. The van der Waals surface area contributed by atoms with Crippen molar-refractivity contribution in [2.75, 3.05) is 0 Å². The van der Waals surface area contributed by atoms with Crippen molar-refractivity contribution in [3.8, 4) is 0 Å². The summed E-state index contributed by atoms with van der Waals surface area (Å²) in [5.41, 5.74) is 1.50. The topological polar surface area (TPSA) is 0 Å². The minimum Gasteiger partial charge on any atom is -0.418 e. The number of unbranched alkanes of at least 4 members (excludes halogenated alkanes) is 1. The highest BCUT2D eigenvalue weighted by Gasteiger charge is 2.20. The van der Waals surface area contributed by atoms with Gasteiger partial charge in [-0.2, -0.15) is 0 Å². The molecular weight excluding hydrogens is 207 g/mol. The molecule has 0 amide bonds. The van der Waals surface area contributed by atoms with Gasteiger partial charge in [-0.25, -0.2) is 0 Å². The Labute approximate surface area is 88.2 Å². The van der Waals surface area contributed by atoms with Crippen molar-refractivity contribution < 1.29 is 17.3 Å². The standard InChI is InChI=1S/C10H15.BF4/c1-3-4-5-10-7-6-9(2)8-10;2-1(3,4)5/h6-8H,3-5H2,1-2H3;/q+1;-1. The van der Waals surface area contributed by atoms with E-state index in [0.29, 0.717) is 0 Å². The Morgan fingerprint density at radius 2 is 1.80 bits per heavy atom. The molecule has 0 atom stereocenters. The van der Waals surface area contributed by atoms with Gasteiger partial charge in [-0.15, -0.1) is 0 Å². The smallest absolute Gasteiger partial charge is 0.418 e. The van der Waals surface area contributed by atoms with Crippen molar-refractivity contribution in [3.63, 3.8) is 0 Å². The van der Waals surface area contributed by atoms with Crippen molar-refractivity contribution >= 4 is 7.25 Å². The molecule has 0 aliphatic heterocycles. The predicted molar refractivity (Wildman–Crippen MR) is 55.9 cm³/mol. The molecule has 1 rings (SSSR count). The molecule has 0 N–H and O–H groups in total. The van der Waals surface area contributed by atoms with E-state index in [4.69, 9.17) is 0 Å². The summed E-state index contributed by atoms with van der Waals surface area (Å²) in [6.07, 6.45) is 10.6. The molecule has 0 aromatic rings. The molecule has 0 radical (unpaired) electrons. The molecule has 5 heteroatoms. The average Bonchev–Trinajstić information content (AvgIpc) is 2.45. The Morgan fingerprint density at radius 1 is 1.27 bits per heavy atom. The Balaban J connectivity index is 0.000000336. The van der Waals surface area contributed by atoms with Gasteiger partial charge in [0.1, 0.15) is 0 Å². The van der Waals surface area contributed by atoms with Gasteiger partial charge in [-0.1, -0.05) is 13.3 Å². The molecule has 1 aliphatic carbocycles. The molecule has 0 spiro atoms. The summed E-state index contributed by atoms with van der Waals surface area (Å²) in [6.45, 7) is 4.38. The summed E-state index contributed by atoms with van der Waals surface area (Å²) in [7, 11) is -6.00. The van der Waals surface area contributed by atoms with Gasteiger partial charge in [-0.3, -0.25) is 0 Å². The van der Waals surface area contributed by atoms with Crippen molar-refractivity contribution in [2.45, 2.75) is 33.1 Å². The zero-order valence-corrected chi connectivity index (χ0v) is 8.94. The van der Waals surface area contributed by atoms with Crippen LogP contribution in [0.3, 0.4) is 0 Å². The largest absolute Gasteiger partial charge is 0.673 e. The van der Waals surface area contributed by atoms with Crippen molar-refractivity contribution in [2.24, 2.45) is 0 Å². The first-order valence-electron chi connectivity index (χ1n) is 4.92. The monoisotopic (exact) mass is 222 g/mol. The molecule has 1 aliphatic rings. The van der Waals surface area contributed by atoms with Crippen LogP contribution in [-0.4, -0.2) is 7.25 Å². The quantitative estimate of drug-likeness (QED) is 0.372. The maximum absolute atomic E-state index is 9.75. The molecule has 0 nitrogen and oxygen atoms in total. The van der Waals surface area contributed by atoms with E-state index < -0.39 is 7.25 Å². The van der Waals surface area contributed by atoms with E-state index in [1.54, 1.807) is 0 Å².